The SMILES string of the molecule is CCN(CC1CCCO1)c1nc(NC)ncc1C. The summed E-state index contributed by atoms with van der Waals surface area (Å²) in [5.74, 6) is 1.67. The number of hydrogen-bond donors (Lipinski definition) is 1. The summed E-state index contributed by atoms with van der Waals surface area (Å²) < 4.78 is 5.70. The number of rotatable bonds is 5. The Morgan fingerprint density at radius 3 is 3.00 bits per heavy atom. The summed E-state index contributed by atoms with van der Waals surface area (Å²) in [5, 5.41) is 2.99. The molecule has 1 aromatic heterocycles. The summed E-state index contributed by atoms with van der Waals surface area (Å²) in [6.45, 7) is 6.94. The van der Waals surface area contributed by atoms with Crippen molar-refractivity contribution in [3.8, 4) is 0 Å². The molecule has 100 valence electrons. The van der Waals surface area contributed by atoms with Gasteiger partial charge in [-0.3, -0.25) is 0 Å². The van der Waals surface area contributed by atoms with Crippen LogP contribution in [0.15, 0.2) is 6.20 Å². The Hall–Kier alpha value is -1.36. The van der Waals surface area contributed by atoms with E-state index in [9.17, 15) is 0 Å². The van der Waals surface area contributed by atoms with E-state index in [1.54, 1.807) is 0 Å². The lowest BCUT2D eigenvalue weighted by molar-refractivity contribution is 0.115. The highest BCUT2D eigenvalue weighted by molar-refractivity contribution is 5.48. The first-order chi connectivity index (χ1) is 8.74. The summed E-state index contributed by atoms with van der Waals surface area (Å²) in [5.41, 5.74) is 1.11. The molecule has 0 saturated carbocycles. The van der Waals surface area contributed by atoms with E-state index in [4.69, 9.17) is 4.74 Å². The van der Waals surface area contributed by atoms with Crippen molar-refractivity contribution < 1.29 is 4.74 Å². The normalized spacial score (nSPS) is 18.9. The maximum atomic E-state index is 5.70. The van der Waals surface area contributed by atoms with Gasteiger partial charge in [0.1, 0.15) is 5.82 Å². The lowest BCUT2D eigenvalue weighted by Gasteiger charge is -2.26. The molecule has 2 rings (SSSR count). The Bertz CT molecular complexity index is 391. The number of nitrogens with zero attached hydrogens (tertiary/aromatic N) is 3. The van der Waals surface area contributed by atoms with Crippen molar-refractivity contribution in [2.45, 2.75) is 32.8 Å². The van der Waals surface area contributed by atoms with E-state index in [1.807, 2.05) is 20.2 Å². The number of likely N-dealkylation sites (N-methyl/N-ethyl adjacent to an activating group) is 1. The highest BCUT2D eigenvalue weighted by Gasteiger charge is 2.20. The van der Waals surface area contributed by atoms with E-state index in [1.165, 1.54) is 6.42 Å². The topological polar surface area (TPSA) is 50.3 Å². The van der Waals surface area contributed by atoms with Crippen molar-refractivity contribution in [1.29, 1.82) is 0 Å². The zero-order valence-corrected chi connectivity index (χ0v) is 11.4. The molecular formula is C13H22N4O. The predicted molar refractivity (Wildman–Crippen MR) is 73.2 cm³/mol. The molecule has 0 radical (unpaired) electrons. The third-order valence-corrected chi connectivity index (χ3v) is 3.30. The third-order valence-electron chi connectivity index (χ3n) is 3.30. The number of nitrogens with one attached hydrogen (secondary N) is 1. The maximum Gasteiger partial charge on any atom is 0.224 e. The number of aromatic nitrogens is 2. The molecular weight excluding hydrogens is 228 g/mol. The Morgan fingerprint density at radius 2 is 2.39 bits per heavy atom. The van der Waals surface area contributed by atoms with Crippen molar-refractivity contribution in [1.82, 2.24) is 9.97 Å². The fourth-order valence-corrected chi connectivity index (χ4v) is 2.27. The van der Waals surface area contributed by atoms with E-state index >= 15 is 0 Å². The molecule has 0 spiro atoms. The van der Waals surface area contributed by atoms with Crippen LogP contribution in [-0.2, 0) is 4.74 Å². The van der Waals surface area contributed by atoms with Gasteiger partial charge >= 0.3 is 0 Å². The first kappa shape index (κ1) is 13.1. The fourth-order valence-electron chi connectivity index (χ4n) is 2.27. The van der Waals surface area contributed by atoms with Crippen LogP contribution in [0.1, 0.15) is 25.3 Å². The van der Waals surface area contributed by atoms with Gasteiger partial charge in [0.15, 0.2) is 0 Å². The van der Waals surface area contributed by atoms with E-state index in [0.717, 1.165) is 37.5 Å². The van der Waals surface area contributed by atoms with E-state index in [2.05, 4.69) is 27.1 Å². The summed E-state index contributed by atoms with van der Waals surface area (Å²) in [4.78, 5) is 11.0. The van der Waals surface area contributed by atoms with E-state index in [-0.39, 0.29) is 0 Å². The fraction of sp³-hybridized carbons (Fsp3) is 0.692. The molecule has 1 aromatic rings. The van der Waals surface area contributed by atoms with Crippen LogP contribution in [0.25, 0.3) is 0 Å². The average Bonchev–Trinajstić information content (AvgIpc) is 2.90. The summed E-state index contributed by atoms with van der Waals surface area (Å²) >= 11 is 0. The van der Waals surface area contributed by atoms with Gasteiger partial charge in [-0.2, -0.15) is 4.98 Å². The van der Waals surface area contributed by atoms with Gasteiger partial charge in [-0.25, -0.2) is 4.98 Å². The van der Waals surface area contributed by atoms with Crippen molar-refractivity contribution in [2.24, 2.45) is 0 Å². The Labute approximate surface area is 109 Å². The van der Waals surface area contributed by atoms with Crippen LogP contribution < -0.4 is 10.2 Å². The minimum Gasteiger partial charge on any atom is -0.376 e. The second-order valence-electron chi connectivity index (χ2n) is 4.62. The molecule has 1 N–H and O–H groups in total. The zero-order chi connectivity index (χ0) is 13.0. The highest BCUT2D eigenvalue weighted by Crippen LogP contribution is 2.21. The maximum absolute atomic E-state index is 5.70. The average molecular weight is 250 g/mol. The largest absolute Gasteiger partial charge is 0.376 e. The highest BCUT2D eigenvalue weighted by atomic mass is 16.5. The van der Waals surface area contributed by atoms with Crippen molar-refractivity contribution in [3.63, 3.8) is 0 Å². The monoisotopic (exact) mass is 250 g/mol. The quantitative estimate of drug-likeness (QED) is 0.864. The predicted octanol–water partition coefficient (Wildman–Crippen LogP) is 1.83. The number of aryl methyl sites for hydroxylation is 1. The van der Waals surface area contributed by atoms with Gasteiger partial charge in [-0.15, -0.1) is 0 Å². The standard InChI is InChI=1S/C13H22N4O/c1-4-17(9-11-6-5-7-18-11)12-10(2)8-15-13(14-3)16-12/h8,11H,4-7,9H2,1-3H3,(H,14,15,16). The van der Waals surface area contributed by atoms with Crippen molar-refractivity contribution >= 4 is 11.8 Å². The molecule has 5 nitrogen and oxygen atoms in total. The first-order valence-electron chi connectivity index (χ1n) is 6.62. The zero-order valence-electron chi connectivity index (χ0n) is 11.4. The molecule has 2 heterocycles. The van der Waals surface area contributed by atoms with E-state index in [0.29, 0.717) is 12.1 Å². The molecule has 1 fully saturated rings. The molecule has 0 amide bonds. The van der Waals surface area contributed by atoms with Crippen LogP contribution in [-0.4, -0.2) is 42.8 Å². The molecule has 1 atom stereocenters. The van der Waals surface area contributed by atoms with Crippen LogP contribution in [0.4, 0.5) is 11.8 Å². The number of ether oxygens (including phenoxy) is 1. The second-order valence-corrected chi connectivity index (χ2v) is 4.62. The van der Waals surface area contributed by atoms with Gasteiger partial charge < -0.3 is 15.0 Å². The molecule has 1 aliphatic heterocycles. The molecule has 1 unspecified atom stereocenters. The molecule has 0 bridgehead atoms. The minimum absolute atomic E-state index is 0.345. The van der Waals surface area contributed by atoms with Gasteiger partial charge in [0.2, 0.25) is 5.95 Å². The number of anilines is 2. The van der Waals surface area contributed by atoms with Crippen molar-refractivity contribution in [3.05, 3.63) is 11.8 Å². The van der Waals surface area contributed by atoms with Gasteiger partial charge in [0.05, 0.1) is 6.10 Å². The molecule has 18 heavy (non-hydrogen) atoms. The summed E-state index contributed by atoms with van der Waals surface area (Å²) in [6, 6.07) is 0. The summed E-state index contributed by atoms with van der Waals surface area (Å²) in [6.07, 6.45) is 4.54. The Balaban J connectivity index is 2.14. The molecule has 0 aromatic carbocycles. The molecule has 1 aliphatic rings. The van der Waals surface area contributed by atoms with Gasteiger partial charge in [-0.1, -0.05) is 0 Å². The Kier molecular flexibility index (Phi) is 4.36. The molecule has 1 saturated heterocycles. The smallest absolute Gasteiger partial charge is 0.224 e. The molecule has 0 aliphatic carbocycles. The van der Waals surface area contributed by atoms with Crippen LogP contribution in [0.2, 0.25) is 0 Å². The van der Waals surface area contributed by atoms with Gasteiger partial charge in [0.25, 0.3) is 0 Å². The molecule has 5 heteroatoms. The second kappa shape index (κ2) is 6.00. The third kappa shape index (κ3) is 2.90. The van der Waals surface area contributed by atoms with Gasteiger partial charge in [0, 0.05) is 38.5 Å². The van der Waals surface area contributed by atoms with Crippen LogP contribution in [0.5, 0.6) is 0 Å². The van der Waals surface area contributed by atoms with Crippen LogP contribution >= 0.6 is 0 Å². The number of hydrogen-bond acceptors (Lipinski definition) is 5. The van der Waals surface area contributed by atoms with E-state index < -0.39 is 0 Å². The van der Waals surface area contributed by atoms with Crippen molar-refractivity contribution in [2.75, 3.05) is 37.0 Å². The lowest BCUT2D eigenvalue weighted by atomic mass is 10.2. The van der Waals surface area contributed by atoms with Crippen LogP contribution in [0.3, 0.4) is 0 Å². The summed E-state index contributed by atoms with van der Waals surface area (Å²) in [7, 11) is 1.84. The lowest BCUT2D eigenvalue weighted by Crippen LogP contribution is -2.33. The van der Waals surface area contributed by atoms with Gasteiger partial charge in [-0.05, 0) is 26.7 Å². The van der Waals surface area contributed by atoms with Crippen LogP contribution in [0, 0.1) is 6.92 Å². The minimum atomic E-state index is 0.345. The Morgan fingerprint density at radius 1 is 1.56 bits per heavy atom. The first-order valence-corrected chi connectivity index (χ1v) is 6.62.